The first-order valence-corrected chi connectivity index (χ1v) is 8.27. The van der Waals surface area contributed by atoms with E-state index in [-0.39, 0.29) is 18.1 Å². The Labute approximate surface area is 163 Å². The van der Waals surface area contributed by atoms with Crippen LogP contribution in [0.4, 0.5) is 13.2 Å². The largest absolute Gasteiger partial charge is 0.417 e. The van der Waals surface area contributed by atoms with E-state index in [2.05, 4.69) is 31.0 Å². The average Bonchev–Trinajstić information content (AvgIpc) is 3.21. The Bertz CT molecular complexity index is 1040. The molecule has 3 aromatic heterocycles. The maximum Gasteiger partial charge on any atom is 0.417 e. The van der Waals surface area contributed by atoms with Crippen LogP contribution in [0.3, 0.4) is 0 Å². The number of amides is 1. The van der Waals surface area contributed by atoms with Gasteiger partial charge in [0.15, 0.2) is 5.82 Å². The van der Waals surface area contributed by atoms with Crippen LogP contribution in [-0.4, -0.2) is 47.1 Å². The minimum absolute atomic E-state index is 0.168. The van der Waals surface area contributed by atoms with Gasteiger partial charge in [-0.15, -0.1) is 6.42 Å². The molecular formula is C18H14F3N7O. The molecule has 0 fully saturated rings. The Morgan fingerprint density at radius 3 is 2.66 bits per heavy atom. The number of hydrogen-bond acceptors (Lipinski definition) is 6. The Morgan fingerprint density at radius 1 is 1.28 bits per heavy atom. The maximum absolute atomic E-state index is 13.0. The minimum atomic E-state index is -4.63. The fraction of sp³-hybridized carbons (Fsp3) is 0.222. The predicted molar refractivity (Wildman–Crippen MR) is 94.5 cm³/mol. The van der Waals surface area contributed by atoms with Gasteiger partial charge < -0.3 is 4.90 Å². The molecule has 0 radical (unpaired) electrons. The molecule has 0 saturated carbocycles. The van der Waals surface area contributed by atoms with Gasteiger partial charge in [0.2, 0.25) is 0 Å². The third-order valence-electron chi connectivity index (χ3n) is 3.99. The third-order valence-corrected chi connectivity index (χ3v) is 3.99. The second-order valence-electron chi connectivity index (χ2n) is 5.85. The Kier molecular flexibility index (Phi) is 5.54. The number of halogens is 3. The first-order valence-electron chi connectivity index (χ1n) is 8.27. The quantitative estimate of drug-likeness (QED) is 0.610. The lowest BCUT2D eigenvalue weighted by Gasteiger charge is -2.27. The van der Waals surface area contributed by atoms with E-state index in [1.807, 2.05) is 0 Å². The van der Waals surface area contributed by atoms with Gasteiger partial charge in [-0.2, -0.15) is 23.0 Å². The number of terminal acetylenes is 1. The highest BCUT2D eigenvalue weighted by Gasteiger charge is 2.33. The Morgan fingerprint density at radius 2 is 2.00 bits per heavy atom. The summed E-state index contributed by atoms with van der Waals surface area (Å²) in [4.78, 5) is 30.0. The summed E-state index contributed by atoms with van der Waals surface area (Å²) < 4.78 is 40.2. The first kappa shape index (κ1) is 19.9. The number of nitrogens with zero attached hydrogens (tertiary/aromatic N) is 7. The topological polar surface area (TPSA) is 89.7 Å². The smallest absolute Gasteiger partial charge is 0.317 e. The van der Waals surface area contributed by atoms with E-state index in [1.54, 1.807) is 13.0 Å². The lowest BCUT2D eigenvalue weighted by molar-refractivity contribution is -0.137. The molecule has 3 aromatic rings. The summed E-state index contributed by atoms with van der Waals surface area (Å²) in [6.45, 7) is 1.46. The Balaban J connectivity index is 1.96. The normalized spacial score (nSPS) is 12.2. The zero-order chi connectivity index (χ0) is 21.0. The molecule has 29 heavy (non-hydrogen) atoms. The minimum Gasteiger partial charge on any atom is -0.317 e. The van der Waals surface area contributed by atoms with E-state index in [0.29, 0.717) is 12.0 Å². The molecule has 3 rings (SSSR count). The molecule has 0 spiro atoms. The van der Waals surface area contributed by atoms with Gasteiger partial charge in [-0.3, -0.25) is 9.78 Å². The molecule has 11 heteroatoms. The third kappa shape index (κ3) is 4.21. The fourth-order valence-corrected chi connectivity index (χ4v) is 2.59. The standard InChI is InChI=1S/C18H14F3N7O/c1-3-7-27(16(29)13-8-14(10-22-9-13)18(19,20)21)12(2)15-25-11-26-28(15)17-23-5-4-6-24-17/h1,4-6,8-12H,7H2,2H3. The SMILES string of the molecule is C#CCN(C(=O)c1cncc(C(F)(F)F)c1)C(C)c1ncnn1-c1ncccn1. The van der Waals surface area contributed by atoms with Crippen LogP contribution >= 0.6 is 0 Å². The number of rotatable bonds is 5. The summed E-state index contributed by atoms with van der Waals surface area (Å²) in [7, 11) is 0. The van der Waals surface area contributed by atoms with Crippen molar-refractivity contribution >= 4 is 5.91 Å². The van der Waals surface area contributed by atoms with Gasteiger partial charge in [0.25, 0.3) is 11.9 Å². The fourth-order valence-electron chi connectivity index (χ4n) is 2.59. The van der Waals surface area contributed by atoms with E-state index >= 15 is 0 Å². The number of pyridine rings is 1. The van der Waals surface area contributed by atoms with Crippen molar-refractivity contribution in [2.24, 2.45) is 0 Å². The van der Waals surface area contributed by atoms with Gasteiger partial charge in [-0.25, -0.2) is 15.0 Å². The van der Waals surface area contributed by atoms with Crippen molar-refractivity contribution in [3.05, 3.63) is 60.2 Å². The maximum atomic E-state index is 13.0. The van der Waals surface area contributed by atoms with Crippen molar-refractivity contribution in [3.63, 3.8) is 0 Å². The molecule has 0 aromatic carbocycles. The van der Waals surface area contributed by atoms with Crippen LogP contribution in [0.5, 0.6) is 0 Å². The molecular weight excluding hydrogens is 387 g/mol. The van der Waals surface area contributed by atoms with Crippen LogP contribution in [0.15, 0.2) is 43.2 Å². The molecule has 1 unspecified atom stereocenters. The molecule has 3 heterocycles. The number of alkyl halides is 3. The van der Waals surface area contributed by atoms with Crippen LogP contribution in [-0.2, 0) is 6.18 Å². The van der Waals surface area contributed by atoms with Crippen LogP contribution in [0, 0.1) is 12.3 Å². The zero-order valence-electron chi connectivity index (χ0n) is 15.1. The van der Waals surface area contributed by atoms with Crippen LogP contribution in [0.2, 0.25) is 0 Å². The average molecular weight is 401 g/mol. The molecule has 148 valence electrons. The number of carbonyl (C=O) groups excluding carboxylic acids is 1. The van der Waals surface area contributed by atoms with Crippen LogP contribution in [0.1, 0.15) is 34.7 Å². The Hall–Kier alpha value is -3.81. The van der Waals surface area contributed by atoms with Gasteiger partial charge in [-0.05, 0) is 19.1 Å². The van der Waals surface area contributed by atoms with Gasteiger partial charge in [0, 0.05) is 24.8 Å². The van der Waals surface area contributed by atoms with Crippen molar-refractivity contribution < 1.29 is 18.0 Å². The number of hydrogen-bond donors (Lipinski definition) is 0. The van der Waals surface area contributed by atoms with E-state index in [4.69, 9.17) is 6.42 Å². The molecule has 1 amide bonds. The van der Waals surface area contributed by atoms with Gasteiger partial charge in [0.1, 0.15) is 6.33 Å². The van der Waals surface area contributed by atoms with Crippen molar-refractivity contribution in [3.8, 4) is 18.3 Å². The highest BCUT2D eigenvalue weighted by atomic mass is 19.4. The molecule has 0 aliphatic rings. The molecule has 1 atom stereocenters. The van der Waals surface area contributed by atoms with Crippen LogP contribution < -0.4 is 0 Å². The highest BCUT2D eigenvalue weighted by molar-refractivity contribution is 5.94. The predicted octanol–water partition coefficient (Wildman–Crippen LogP) is 2.31. The summed E-state index contributed by atoms with van der Waals surface area (Å²) in [6.07, 6.45) is 6.73. The van der Waals surface area contributed by atoms with Crippen molar-refractivity contribution in [1.29, 1.82) is 0 Å². The monoisotopic (exact) mass is 401 g/mol. The lowest BCUT2D eigenvalue weighted by atomic mass is 10.1. The molecule has 0 bridgehead atoms. The number of carbonyl (C=O) groups is 1. The summed E-state index contributed by atoms with van der Waals surface area (Å²) in [5.41, 5.74) is -1.28. The molecule has 0 saturated heterocycles. The van der Waals surface area contributed by atoms with Crippen molar-refractivity contribution in [1.82, 2.24) is 34.6 Å². The van der Waals surface area contributed by atoms with Crippen molar-refractivity contribution in [2.45, 2.75) is 19.1 Å². The second-order valence-corrected chi connectivity index (χ2v) is 5.85. The lowest BCUT2D eigenvalue weighted by Crippen LogP contribution is -2.35. The van der Waals surface area contributed by atoms with Crippen LogP contribution in [0.25, 0.3) is 5.95 Å². The molecule has 0 N–H and O–H groups in total. The highest BCUT2D eigenvalue weighted by Crippen LogP contribution is 2.30. The first-order chi connectivity index (χ1) is 13.8. The number of aromatic nitrogens is 6. The van der Waals surface area contributed by atoms with Gasteiger partial charge in [-0.1, -0.05) is 5.92 Å². The van der Waals surface area contributed by atoms with E-state index in [9.17, 15) is 18.0 Å². The van der Waals surface area contributed by atoms with Crippen molar-refractivity contribution in [2.75, 3.05) is 6.54 Å². The zero-order valence-corrected chi connectivity index (χ0v) is 15.1. The summed E-state index contributed by atoms with van der Waals surface area (Å²) in [5, 5.41) is 4.06. The van der Waals surface area contributed by atoms with E-state index in [0.717, 1.165) is 12.3 Å². The van der Waals surface area contributed by atoms with E-state index < -0.39 is 23.7 Å². The summed E-state index contributed by atoms with van der Waals surface area (Å²) in [6, 6.07) is 1.62. The summed E-state index contributed by atoms with van der Waals surface area (Å²) >= 11 is 0. The molecule has 0 aliphatic carbocycles. The molecule has 8 nitrogen and oxygen atoms in total. The second kappa shape index (κ2) is 8.05. The summed E-state index contributed by atoms with van der Waals surface area (Å²) in [5.74, 6) is 2.13. The van der Waals surface area contributed by atoms with E-state index in [1.165, 1.54) is 28.3 Å². The molecule has 0 aliphatic heterocycles. The van der Waals surface area contributed by atoms with Gasteiger partial charge in [0.05, 0.1) is 23.7 Å². The van der Waals surface area contributed by atoms with Gasteiger partial charge >= 0.3 is 6.18 Å².